The quantitative estimate of drug-likeness (QED) is 0.491. The Morgan fingerprint density at radius 1 is 1.12 bits per heavy atom. The Kier molecular flexibility index (Phi) is 7.28. The van der Waals surface area contributed by atoms with Crippen LogP contribution in [-0.2, 0) is 10.0 Å². The first-order valence-electron chi connectivity index (χ1n) is 8.26. The SMILES string of the molecule is CCN(CC)S(=O)(=O)c1ccc(SCCOc2ccccc2C)nc1. The van der Waals surface area contributed by atoms with Crippen molar-refractivity contribution in [2.45, 2.75) is 30.7 Å². The highest BCUT2D eigenvalue weighted by Crippen LogP contribution is 2.21. The summed E-state index contributed by atoms with van der Waals surface area (Å²) in [4.78, 5) is 4.49. The molecule has 0 amide bonds. The Labute approximate surface area is 154 Å². The maximum atomic E-state index is 12.4. The second kappa shape index (κ2) is 9.22. The van der Waals surface area contributed by atoms with Gasteiger partial charge >= 0.3 is 0 Å². The van der Waals surface area contributed by atoms with Crippen molar-refractivity contribution in [3.05, 3.63) is 48.2 Å². The number of aromatic nitrogens is 1. The van der Waals surface area contributed by atoms with E-state index < -0.39 is 10.0 Å². The Bertz CT molecular complexity index is 773. The van der Waals surface area contributed by atoms with E-state index in [-0.39, 0.29) is 4.90 Å². The molecule has 136 valence electrons. The second-order valence-corrected chi connectivity index (χ2v) is 8.44. The molecule has 0 fully saturated rings. The standard InChI is InChI=1S/C18H24N2O3S2/c1-4-20(5-2)25(21,22)16-10-11-18(19-14-16)24-13-12-23-17-9-7-6-8-15(17)3/h6-11,14H,4-5,12-13H2,1-3H3. The fourth-order valence-corrected chi connectivity index (χ4v) is 4.40. The fraction of sp³-hybridized carbons (Fsp3) is 0.389. The summed E-state index contributed by atoms with van der Waals surface area (Å²) in [5, 5.41) is 0.784. The fourth-order valence-electron chi connectivity index (χ4n) is 2.33. The Balaban J connectivity index is 1.89. The normalized spacial score (nSPS) is 11.7. The van der Waals surface area contributed by atoms with Gasteiger partial charge in [-0.2, -0.15) is 4.31 Å². The minimum absolute atomic E-state index is 0.233. The van der Waals surface area contributed by atoms with Gasteiger partial charge in [0.1, 0.15) is 10.6 Å². The molecule has 0 saturated heterocycles. The van der Waals surface area contributed by atoms with Gasteiger partial charge in [-0.3, -0.25) is 0 Å². The third kappa shape index (κ3) is 5.20. The highest BCUT2D eigenvalue weighted by molar-refractivity contribution is 7.99. The number of aryl methyl sites for hydroxylation is 1. The Hall–Kier alpha value is -1.57. The Morgan fingerprint density at radius 3 is 2.44 bits per heavy atom. The number of pyridine rings is 1. The average Bonchev–Trinajstić information content (AvgIpc) is 2.61. The van der Waals surface area contributed by atoms with Crippen molar-refractivity contribution in [2.24, 2.45) is 0 Å². The predicted octanol–water partition coefficient (Wildman–Crippen LogP) is 3.59. The van der Waals surface area contributed by atoms with E-state index in [0.717, 1.165) is 22.1 Å². The number of hydrogen-bond acceptors (Lipinski definition) is 5. The van der Waals surface area contributed by atoms with Crippen LogP contribution in [0.2, 0.25) is 0 Å². The molecule has 0 spiro atoms. The number of benzene rings is 1. The summed E-state index contributed by atoms with van der Waals surface area (Å²) < 4.78 is 32.0. The first-order valence-corrected chi connectivity index (χ1v) is 10.7. The molecule has 0 aliphatic rings. The van der Waals surface area contributed by atoms with E-state index in [1.807, 2.05) is 45.0 Å². The molecule has 2 rings (SSSR count). The van der Waals surface area contributed by atoms with Crippen molar-refractivity contribution in [3.63, 3.8) is 0 Å². The van der Waals surface area contributed by atoms with E-state index in [2.05, 4.69) is 4.98 Å². The van der Waals surface area contributed by atoms with Crippen molar-refractivity contribution in [3.8, 4) is 5.75 Å². The second-order valence-electron chi connectivity index (χ2n) is 5.38. The molecule has 0 atom stereocenters. The summed E-state index contributed by atoms with van der Waals surface area (Å²) in [6, 6.07) is 11.3. The lowest BCUT2D eigenvalue weighted by atomic mass is 10.2. The van der Waals surface area contributed by atoms with Crippen molar-refractivity contribution in [1.82, 2.24) is 9.29 Å². The van der Waals surface area contributed by atoms with Gasteiger partial charge in [-0.1, -0.05) is 32.0 Å². The monoisotopic (exact) mass is 380 g/mol. The van der Waals surface area contributed by atoms with Gasteiger partial charge in [0.15, 0.2) is 0 Å². The molecule has 0 aliphatic heterocycles. The first-order chi connectivity index (χ1) is 12.0. The van der Waals surface area contributed by atoms with Crippen LogP contribution in [0.5, 0.6) is 5.75 Å². The zero-order valence-electron chi connectivity index (χ0n) is 14.8. The van der Waals surface area contributed by atoms with Gasteiger partial charge in [0.2, 0.25) is 10.0 Å². The van der Waals surface area contributed by atoms with Crippen molar-refractivity contribution in [2.75, 3.05) is 25.4 Å². The molecular formula is C18H24N2O3S2. The van der Waals surface area contributed by atoms with E-state index in [0.29, 0.717) is 19.7 Å². The number of hydrogen-bond donors (Lipinski definition) is 0. The van der Waals surface area contributed by atoms with Crippen LogP contribution in [0.15, 0.2) is 52.5 Å². The van der Waals surface area contributed by atoms with Gasteiger partial charge < -0.3 is 4.74 Å². The zero-order chi connectivity index (χ0) is 18.3. The number of sulfonamides is 1. The van der Waals surface area contributed by atoms with Gasteiger partial charge in [0.25, 0.3) is 0 Å². The van der Waals surface area contributed by atoms with Crippen LogP contribution in [0.1, 0.15) is 19.4 Å². The van der Waals surface area contributed by atoms with E-state index in [1.54, 1.807) is 23.9 Å². The Morgan fingerprint density at radius 2 is 1.84 bits per heavy atom. The molecule has 25 heavy (non-hydrogen) atoms. The third-order valence-corrected chi connectivity index (χ3v) is 6.68. The molecule has 1 aromatic carbocycles. The van der Waals surface area contributed by atoms with Crippen molar-refractivity contribution >= 4 is 21.8 Å². The molecule has 2 aromatic rings. The summed E-state index contributed by atoms with van der Waals surface area (Å²) in [5.41, 5.74) is 1.11. The number of thioether (sulfide) groups is 1. The predicted molar refractivity (Wildman–Crippen MR) is 102 cm³/mol. The molecule has 0 bridgehead atoms. The molecule has 0 aliphatic carbocycles. The largest absolute Gasteiger partial charge is 0.492 e. The molecule has 7 heteroatoms. The van der Waals surface area contributed by atoms with Crippen LogP contribution in [0.3, 0.4) is 0 Å². The first kappa shape index (κ1) is 19.8. The molecule has 0 unspecified atom stereocenters. The maximum absolute atomic E-state index is 12.4. The molecule has 0 radical (unpaired) electrons. The molecule has 5 nitrogen and oxygen atoms in total. The zero-order valence-corrected chi connectivity index (χ0v) is 16.4. The van der Waals surface area contributed by atoms with Gasteiger partial charge in [-0.15, -0.1) is 11.8 Å². The average molecular weight is 381 g/mol. The molecule has 0 saturated carbocycles. The lowest BCUT2D eigenvalue weighted by Gasteiger charge is -2.18. The summed E-state index contributed by atoms with van der Waals surface area (Å²) in [6.07, 6.45) is 1.43. The van der Waals surface area contributed by atoms with Crippen LogP contribution in [0.4, 0.5) is 0 Å². The summed E-state index contributed by atoms with van der Waals surface area (Å²) in [7, 11) is -3.45. The molecule has 1 heterocycles. The smallest absolute Gasteiger partial charge is 0.244 e. The topological polar surface area (TPSA) is 59.5 Å². The summed E-state index contributed by atoms with van der Waals surface area (Å²) in [5.74, 6) is 1.63. The lowest BCUT2D eigenvalue weighted by molar-refractivity contribution is 0.341. The third-order valence-electron chi connectivity index (χ3n) is 3.74. The van der Waals surface area contributed by atoms with Gasteiger partial charge in [-0.05, 0) is 30.7 Å². The number of para-hydroxylation sites is 1. The van der Waals surface area contributed by atoms with Crippen LogP contribution in [0, 0.1) is 6.92 Å². The summed E-state index contributed by atoms with van der Waals surface area (Å²) >= 11 is 1.54. The van der Waals surface area contributed by atoms with Crippen LogP contribution < -0.4 is 4.74 Å². The molecule has 0 N–H and O–H groups in total. The number of nitrogens with zero attached hydrogens (tertiary/aromatic N) is 2. The van der Waals surface area contributed by atoms with Gasteiger partial charge in [0.05, 0.1) is 11.6 Å². The highest BCUT2D eigenvalue weighted by Gasteiger charge is 2.21. The van der Waals surface area contributed by atoms with E-state index in [9.17, 15) is 8.42 Å². The summed E-state index contributed by atoms with van der Waals surface area (Å²) in [6.45, 7) is 7.13. The molecule has 1 aromatic heterocycles. The van der Waals surface area contributed by atoms with Crippen molar-refractivity contribution < 1.29 is 13.2 Å². The lowest BCUT2D eigenvalue weighted by Crippen LogP contribution is -2.30. The van der Waals surface area contributed by atoms with Gasteiger partial charge in [0, 0.05) is 25.0 Å². The molecular weight excluding hydrogens is 356 g/mol. The minimum atomic E-state index is -3.45. The maximum Gasteiger partial charge on any atom is 0.244 e. The van der Waals surface area contributed by atoms with Crippen molar-refractivity contribution in [1.29, 1.82) is 0 Å². The van der Waals surface area contributed by atoms with Crippen LogP contribution >= 0.6 is 11.8 Å². The van der Waals surface area contributed by atoms with Crippen LogP contribution in [0.25, 0.3) is 0 Å². The number of ether oxygens (including phenoxy) is 1. The highest BCUT2D eigenvalue weighted by atomic mass is 32.2. The van der Waals surface area contributed by atoms with Gasteiger partial charge in [-0.25, -0.2) is 13.4 Å². The minimum Gasteiger partial charge on any atom is -0.492 e. The van der Waals surface area contributed by atoms with E-state index in [4.69, 9.17) is 4.74 Å². The van der Waals surface area contributed by atoms with E-state index >= 15 is 0 Å². The van der Waals surface area contributed by atoms with Crippen LogP contribution in [-0.4, -0.2) is 43.2 Å². The van der Waals surface area contributed by atoms with E-state index in [1.165, 1.54) is 10.5 Å². The number of rotatable bonds is 9.